The predicted octanol–water partition coefficient (Wildman–Crippen LogP) is 4.73. The molecule has 0 radical (unpaired) electrons. The molecule has 0 amide bonds. The molecular weight excluding hydrogens is 426 g/mol. The average Bonchev–Trinajstić information content (AvgIpc) is 3.55. The molecule has 0 aromatic carbocycles. The first-order valence-corrected chi connectivity index (χ1v) is 12.5. The monoisotopic (exact) mass is 463 g/mol. The van der Waals surface area contributed by atoms with Crippen LogP contribution in [0.25, 0.3) is 16.8 Å². The normalized spacial score (nSPS) is 16.7. The van der Waals surface area contributed by atoms with Crippen molar-refractivity contribution >= 4 is 17.0 Å². The van der Waals surface area contributed by atoms with Gasteiger partial charge in [0.05, 0.1) is 18.3 Å². The highest BCUT2D eigenvalue weighted by atomic mass is 16.5. The Morgan fingerprint density at radius 2 is 1.76 bits per heavy atom. The number of ether oxygens (including phenoxy) is 2. The lowest BCUT2D eigenvalue weighted by molar-refractivity contribution is 0.0681. The summed E-state index contributed by atoms with van der Waals surface area (Å²) in [5.41, 5.74) is 6.59. The van der Waals surface area contributed by atoms with Gasteiger partial charge in [-0.15, -0.1) is 5.10 Å². The summed E-state index contributed by atoms with van der Waals surface area (Å²) >= 11 is 0. The van der Waals surface area contributed by atoms with Crippen molar-refractivity contribution in [3.63, 3.8) is 0 Å². The fourth-order valence-corrected chi connectivity index (χ4v) is 5.20. The van der Waals surface area contributed by atoms with Crippen LogP contribution in [-0.2, 0) is 4.74 Å². The number of anilines is 2. The molecular formula is C27H37N5O2. The third-order valence-corrected chi connectivity index (χ3v) is 7.20. The SMILES string of the molecule is COc1nn2c(-c3c(C)cc(N(C)C)nc3C)cccc2c1N(CC1CCOCC1)CC1CC1. The van der Waals surface area contributed by atoms with E-state index in [4.69, 9.17) is 19.6 Å². The molecule has 0 N–H and O–H groups in total. The number of aromatic nitrogens is 3. The molecule has 0 bridgehead atoms. The first-order chi connectivity index (χ1) is 16.5. The van der Waals surface area contributed by atoms with Crippen LogP contribution in [0.1, 0.15) is 36.9 Å². The second-order valence-electron chi connectivity index (χ2n) is 10.1. The first kappa shape index (κ1) is 23.0. The predicted molar refractivity (Wildman–Crippen MR) is 137 cm³/mol. The molecule has 34 heavy (non-hydrogen) atoms. The van der Waals surface area contributed by atoms with Crippen LogP contribution in [0.5, 0.6) is 5.88 Å². The van der Waals surface area contributed by atoms with E-state index in [0.29, 0.717) is 11.8 Å². The maximum Gasteiger partial charge on any atom is 0.257 e. The molecule has 2 aliphatic rings. The molecule has 3 aromatic rings. The molecule has 7 heteroatoms. The van der Waals surface area contributed by atoms with Crippen LogP contribution < -0.4 is 14.5 Å². The van der Waals surface area contributed by atoms with E-state index in [1.54, 1.807) is 7.11 Å². The molecule has 2 fully saturated rings. The highest BCUT2D eigenvalue weighted by Gasteiger charge is 2.31. The second-order valence-corrected chi connectivity index (χ2v) is 10.1. The van der Waals surface area contributed by atoms with Crippen molar-refractivity contribution in [2.75, 3.05) is 57.3 Å². The second kappa shape index (κ2) is 9.45. The van der Waals surface area contributed by atoms with E-state index >= 15 is 0 Å². The molecule has 1 saturated heterocycles. The van der Waals surface area contributed by atoms with Gasteiger partial charge in [0.2, 0.25) is 0 Å². The minimum atomic E-state index is 0.641. The van der Waals surface area contributed by atoms with Gasteiger partial charge < -0.3 is 19.3 Å². The minimum absolute atomic E-state index is 0.641. The molecule has 0 spiro atoms. The maximum atomic E-state index is 5.88. The summed E-state index contributed by atoms with van der Waals surface area (Å²) in [5.74, 6) is 3.09. The molecule has 1 aliphatic heterocycles. The summed E-state index contributed by atoms with van der Waals surface area (Å²) in [6.45, 7) is 8.07. The van der Waals surface area contributed by atoms with Crippen molar-refractivity contribution < 1.29 is 9.47 Å². The summed E-state index contributed by atoms with van der Waals surface area (Å²) < 4.78 is 13.6. The molecule has 5 rings (SSSR count). The molecule has 7 nitrogen and oxygen atoms in total. The lowest BCUT2D eigenvalue weighted by Gasteiger charge is -2.31. The van der Waals surface area contributed by atoms with Crippen molar-refractivity contribution in [1.82, 2.24) is 14.6 Å². The zero-order valence-corrected chi connectivity index (χ0v) is 21.2. The fraction of sp³-hybridized carbons (Fsp3) is 0.556. The number of fused-ring (bicyclic) bond motifs is 1. The highest BCUT2D eigenvalue weighted by Crippen LogP contribution is 2.40. The van der Waals surface area contributed by atoms with Crippen LogP contribution in [0.15, 0.2) is 24.3 Å². The van der Waals surface area contributed by atoms with Crippen LogP contribution in [0.2, 0.25) is 0 Å². The Hall–Kier alpha value is -2.80. The van der Waals surface area contributed by atoms with Crippen molar-refractivity contribution in [2.45, 2.75) is 39.5 Å². The van der Waals surface area contributed by atoms with Gasteiger partial charge in [-0.3, -0.25) is 0 Å². The van der Waals surface area contributed by atoms with Gasteiger partial charge in [0.1, 0.15) is 11.5 Å². The van der Waals surface area contributed by atoms with Gasteiger partial charge in [0.25, 0.3) is 5.88 Å². The molecule has 0 unspecified atom stereocenters. The Bertz CT molecular complexity index is 1140. The van der Waals surface area contributed by atoms with Crippen LogP contribution >= 0.6 is 0 Å². The molecule has 1 saturated carbocycles. The Balaban J connectivity index is 1.61. The molecule has 4 heterocycles. The van der Waals surface area contributed by atoms with Gasteiger partial charge >= 0.3 is 0 Å². The van der Waals surface area contributed by atoms with Gasteiger partial charge in [-0.05, 0) is 75.1 Å². The summed E-state index contributed by atoms with van der Waals surface area (Å²) in [6.07, 6.45) is 4.88. The highest BCUT2D eigenvalue weighted by molar-refractivity contribution is 5.82. The van der Waals surface area contributed by atoms with Crippen molar-refractivity contribution in [2.24, 2.45) is 11.8 Å². The van der Waals surface area contributed by atoms with Gasteiger partial charge in [-0.1, -0.05) is 6.07 Å². The fourth-order valence-electron chi connectivity index (χ4n) is 5.20. The van der Waals surface area contributed by atoms with Gasteiger partial charge in [-0.2, -0.15) is 0 Å². The van der Waals surface area contributed by atoms with E-state index in [0.717, 1.165) is 79.0 Å². The summed E-state index contributed by atoms with van der Waals surface area (Å²) in [4.78, 5) is 9.45. The first-order valence-electron chi connectivity index (χ1n) is 12.5. The smallest absolute Gasteiger partial charge is 0.257 e. The van der Waals surface area contributed by atoms with E-state index in [1.807, 2.05) is 19.0 Å². The van der Waals surface area contributed by atoms with Crippen molar-refractivity contribution in [3.8, 4) is 17.1 Å². The van der Waals surface area contributed by atoms with E-state index < -0.39 is 0 Å². The lowest BCUT2D eigenvalue weighted by atomic mass is 9.99. The lowest BCUT2D eigenvalue weighted by Crippen LogP contribution is -2.34. The van der Waals surface area contributed by atoms with Crippen LogP contribution in [-0.4, -0.2) is 62.1 Å². The molecule has 182 valence electrons. The number of methoxy groups -OCH3 is 1. The van der Waals surface area contributed by atoms with E-state index in [2.05, 4.69) is 47.5 Å². The zero-order chi connectivity index (χ0) is 23.8. The van der Waals surface area contributed by atoms with Gasteiger partial charge in [0.15, 0.2) is 0 Å². The van der Waals surface area contributed by atoms with Crippen LogP contribution in [0.4, 0.5) is 11.5 Å². The number of hydrogen-bond donors (Lipinski definition) is 0. The number of aryl methyl sites for hydroxylation is 2. The van der Waals surface area contributed by atoms with Crippen molar-refractivity contribution in [3.05, 3.63) is 35.5 Å². The molecule has 1 aliphatic carbocycles. The van der Waals surface area contributed by atoms with Gasteiger partial charge in [0, 0.05) is 51.7 Å². The van der Waals surface area contributed by atoms with Crippen molar-refractivity contribution in [1.29, 1.82) is 0 Å². The Labute approximate surface area is 202 Å². The number of pyridine rings is 2. The van der Waals surface area contributed by atoms with Crippen LogP contribution in [0, 0.1) is 25.7 Å². The molecule has 0 atom stereocenters. The maximum absolute atomic E-state index is 5.88. The third-order valence-electron chi connectivity index (χ3n) is 7.20. The minimum Gasteiger partial charge on any atom is -0.478 e. The third kappa shape index (κ3) is 4.45. The van der Waals surface area contributed by atoms with E-state index in [9.17, 15) is 0 Å². The Kier molecular flexibility index (Phi) is 6.38. The average molecular weight is 464 g/mol. The summed E-state index contributed by atoms with van der Waals surface area (Å²) in [5, 5.41) is 4.98. The summed E-state index contributed by atoms with van der Waals surface area (Å²) in [6, 6.07) is 8.59. The number of hydrogen-bond acceptors (Lipinski definition) is 6. The zero-order valence-electron chi connectivity index (χ0n) is 21.2. The molecule has 3 aromatic heterocycles. The summed E-state index contributed by atoms with van der Waals surface area (Å²) in [7, 11) is 5.79. The number of nitrogens with zero attached hydrogens (tertiary/aromatic N) is 5. The standard InChI is InChI=1S/C27H37N5O2/c1-18-15-24(30(3)4)28-19(2)25(18)22-7-6-8-23-26(27(33-5)29-32(22)23)31(16-20-9-10-20)17-21-11-13-34-14-12-21/h6-8,15,20-21H,9-14,16-17H2,1-5H3. The van der Waals surface area contributed by atoms with E-state index in [1.165, 1.54) is 18.4 Å². The van der Waals surface area contributed by atoms with Crippen LogP contribution in [0.3, 0.4) is 0 Å². The van der Waals surface area contributed by atoms with E-state index in [-0.39, 0.29) is 0 Å². The quantitative estimate of drug-likeness (QED) is 0.481. The Morgan fingerprint density at radius 1 is 1.06 bits per heavy atom. The largest absolute Gasteiger partial charge is 0.478 e. The Morgan fingerprint density at radius 3 is 2.38 bits per heavy atom. The number of rotatable bonds is 8. The topological polar surface area (TPSA) is 55.1 Å². The van der Waals surface area contributed by atoms with Gasteiger partial charge in [-0.25, -0.2) is 9.50 Å².